The second-order valence-corrected chi connectivity index (χ2v) is 3.38. The highest BCUT2D eigenvalue weighted by Crippen LogP contribution is 2.27. The van der Waals surface area contributed by atoms with Gasteiger partial charge >= 0.3 is 0 Å². The molecule has 0 saturated heterocycles. The molecule has 0 spiro atoms. The maximum atomic E-state index is 2.37. The Morgan fingerprint density at radius 3 is 1.50 bits per heavy atom. The Morgan fingerprint density at radius 1 is 0.900 bits per heavy atom. The predicted molar refractivity (Wildman–Crippen MR) is 48.1 cm³/mol. The van der Waals surface area contributed by atoms with Crippen molar-refractivity contribution in [2.45, 2.75) is 53.4 Å². The number of rotatable bonds is 0. The van der Waals surface area contributed by atoms with Crippen LogP contribution in [0.5, 0.6) is 0 Å². The van der Waals surface area contributed by atoms with E-state index in [0.29, 0.717) is 0 Å². The lowest BCUT2D eigenvalue weighted by molar-refractivity contribution is 0.301. The molecule has 1 fully saturated rings. The lowest BCUT2D eigenvalue weighted by atomic mass is 9.84. The summed E-state index contributed by atoms with van der Waals surface area (Å²) in [7, 11) is 0. The Labute approximate surface area is 66.0 Å². The van der Waals surface area contributed by atoms with Crippen LogP contribution < -0.4 is 0 Å². The summed E-state index contributed by atoms with van der Waals surface area (Å²) in [6.45, 7) is 8.74. The molecule has 0 nitrogen and oxygen atoms in total. The highest BCUT2D eigenvalue weighted by Gasteiger charge is 2.13. The van der Waals surface area contributed by atoms with E-state index in [9.17, 15) is 0 Å². The molecule has 0 bridgehead atoms. The third kappa shape index (κ3) is 3.92. The molecule has 1 rings (SSSR count). The van der Waals surface area contributed by atoms with Gasteiger partial charge in [-0.3, -0.25) is 0 Å². The van der Waals surface area contributed by atoms with Crippen LogP contribution in [-0.2, 0) is 0 Å². The van der Waals surface area contributed by atoms with Crippen molar-refractivity contribution in [1.29, 1.82) is 0 Å². The van der Waals surface area contributed by atoms with Crippen LogP contribution in [0.3, 0.4) is 0 Å². The molecule has 62 valence electrons. The summed E-state index contributed by atoms with van der Waals surface area (Å²) in [6, 6.07) is 0. The summed E-state index contributed by atoms with van der Waals surface area (Å²) in [5.74, 6) is 2.03. The van der Waals surface area contributed by atoms with E-state index in [0.717, 1.165) is 11.8 Å². The second kappa shape index (κ2) is 5.76. The van der Waals surface area contributed by atoms with Crippen molar-refractivity contribution in [3.05, 3.63) is 0 Å². The molecule has 0 aromatic carbocycles. The van der Waals surface area contributed by atoms with Gasteiger partial charge in [-0.25, -0.2) is 0 Å². The van der Waals surface area contributed by atoms with Gasteiger partial charge in [-0.2, -0.15) is 0 Å². The maximum Gasteiger partial charge on any atom is -0.0440 e. The van der Waals surface area contributed by atoms with Crippen molar-refractivity contribution in [3.63, 3.8) is 0 Å². The molecule has 2 atom stereocenters. The predicted octanol–water partition coefficient (Wildman–Crippen LogP) is 3.86. The van der Waals surface area contributed by atoms with Crippen LogP contribution in [0.4, 0.5) is 0 Å². The maximum absolute atomic E-state index is 2.37. The Hall–Kier alpha value is 0. The van der Waals surface area contributed by atoms with Gasteiger partial charge in [-0.05, 0) is 18.3 Å². The van der Waals surface area contributed by atoms with Crippen LogP contribution in [0, 0.1) is 11.8 Å². The molecular weight excluding hydrogens is 120 g/mol. The molecular formula is C10H22. The Kier molecular flexibility index (Phi) is 5.76. The Morgan fingerprint density at radius 2 is 1.30 bits per heavy atom. The van der Waals surface area contributed by atoms with E-state index in [1.807, 2.05) is 13.8 Å². The standard InChI is InChI=1S/C8H16.C2H6/c1-7-4-3-5-8(2)6-7;1-2/h7-8H,3-6H2,1-2H3;1-2H3/t7-,8?;/m0./s1. The fourth-order valence-corrected chi connectivity index (χ4v) is 1.74. The minimum absolute atomic E-state index is 1.01. The second-order valence-electron chi connectivity index (χ2n) is 3.38. The molecule has 1 aliphatic carbocycles. The van der Waals surface area contributed by atoms with Gasteiger partial charge in [0.2, 0.25) is 0 Å². The van der Waals surface area contributed by atoms with Gasteiger partial charge in [-0.15, -0.1) is 0 Å². The normalized spacial score (nSPS) is 32.4. The summed E-state index contributed by atoms with van der Waals surface area (Å²) in [4.78, 5) is 0. The average molecular weight is 142 g/mol. The Balaban J connectivity index is 0.000000371. The quantitative estimate of drug-likeness (QED) is 0.482. The molecule has 0 N–H and O–H groups in total. The summed E-state index contributed by atoms with van der Waals surface area (Å²) >= 11 is 0. The molecule has 0 radical (unpaired) electrons. The first-order valence-corrected chi connectivity index (χ1v) is 4.79. The van der Waals surface area contributed by atoms with Crippen LogP contribution in [0.25, 0.3) is 0 Å². The molecule has 0 amide bonds. The minimum atomic E-state index is 1.01. The molecule has 1 saturated carbocycles. The van der Waals surface area contributed by atoms with Crippen LogP contribution in [0.15, 0.2) is 0 Å². The SMILES string of the molecule is CC.CC1CCC[C@H](C)C1. The topological polar surface area (TPSA) is 0 Å². The average Bonchev–Trinajstić information content (AvgIpc) is 1.91. The number of hydrogen-bond donors (Lipinski definition) is 0. The lowest BCUT2D eigenvalue weighted by Crippen LogP contribution is -2.09. The van der Waals surface area contributed by atoms with E-state index in [2.05, 4.69) is 13.8 Å². The van der Waals surface area contributed by atoms with E-state index in [-0.39, 0.29) is 0 Å². The first-order valence-electron chi connectivity index (χ1n) is 4.79. The summed E-state index contributed by atoms with van der Waals surface area (Å²) in [5.41, 5.74) is 0. The molecule has 0 heteroatoms. The van der Waals surface area contributed by atoms with Crippen molar-refractivity contribution >= 4 is 0 Å². The van der Waals surface area contributed by atoms with E-state index < -0.39 is 0 Å². The zero-order chi connectivity index (χ0) is 7.98. The Bertz CT molecular complexity index is 58.4. The van der Waals surface area contributed by atoms with Crippen LogP contribution in [-0.4, -0.2) is 0 Å². The van der Waals surface area contributed by atoms with Gasteiger partial charge in [0.05, 0.1) is 0 Å². The molecule has 0 heterocycles. The van der Waals surface area contributed by atoms with Gasteiger partial charge in [0.1, 0.15) is 0 Å². The van der Waals surface area contributed by atoms with Gasteiger partial charge in [0.15, 0.2) is 0 Å². The van der Waals surface area contributed by atoms with Gasteiger partial charge in [-0.1, -0.05) is 47.0 Å². The fraction of sp³-hybridized carbons (Fsp3) is 1.00. The van der Waals surface area contributed by atoms with Crippen molar-refractivity contribution in [3.8, 4) is 0 Å². The summed E-state index contributed by atoms with van der Waals surface area (Å²) in [5, 5.41) is 0. The summed E-state index contributed by atoms with van der Waals surface area (Å²) in [6.07, 6.45) is 5.90. The molecule has 1 aliphatic rings. The first kappa shape index (κ1) is 10.0. The van der Waals surface area contributed by atoms with Gasteiger partial charge < -0.3 is 0 Å². The first-order chi connectivity index (χ1) is 4.79. The number of hydrogen-bond acceptors (Lipinski definition) is 0. The monoisotopic (exact) mass is 142 g/mol. The highest BCUT2D eigenvalue weighted by molar-refractivity contribution is 4.66. The van der Waals surface area contributed by atoms with E-state index in [4.69, 9.17) is 0 Å². The lowest BCUT2D eigenvalue weighted by Gasteiger charge is -2.22. The van der Waals surface area contributed by atoms with Crippen molar-refractivity contribution in [1.82, 2.24) is 0 Å². The van der Waals surface area contributed by atoms with Gasteiger partial charge in [0, 0.05) is 0 Å². The highest BCUT2D eigenvalue weighted by atomic mass is 14.2. The third-order valence-electron chi connectivity index (χ3n) is 2.20. The smallest absolute Gasteiger partial charge is 0.0440 e. The van der Waals surface area contributed by atoms with E-state index in [1.54, 1.807) is 0 Å². The van der Waals surface area contributed by atoms with E-state index >= 15 is 0 Å². The van der Waals surface area contributed by atoms with E-state index in [1.165, 1.54) is 25.7 Å². The molecule has 10 heavy (non-hydrogen) atoms. The minimum Gasteiger partial charge on any atom is -0.0683 e. The molecule has 1 unspecified atom stereocenters. The molecule has 0 aromatic rings. The molecule has 0 aromatic heterocycles. The molecule has 0 aliphatic heterocycles. The zero-order valence-electron chi connectivity index (χ0n) is 7.98. The third-order valence-corrected chi connectivity index (χ3v) is 2.20. The van der Waals surface area contributed by atoms with Crippen molar-refractivity contribution in [2.24, 2.45) is 11.8 Å². The van der Waals surface area contributed by atoms with Crippen molar-refractivity contribution < 1.29 is 0 Å². The van der Waals surface area contributed by atoms with Crippen LogP contribution >= 0.6 is 0 Å². The van der Waals surface area contributed by atoms with Gasteiger partial charge in [0.25, 0.3) is 0 Å². The summed E-state index contributed by atoms with van der Waals surface area (Å²) < 4.78 is 0. The van der Waals surface area contributed by atoms with Crippen LogP contribution in [0.2, 0.25) is 0 Å². The van der Waals surface area contributed by atoms with Crippen LogP contribution in [0.1, 0.15) is 53.4 Å². The largest absolute Gasteiger partial charge is 0.0683 e. The van der Waals surface area contributed by atoms with Crippen molar-refractivity contribution in [2.75, 3.05) is 0 Å². The zero-order valence-corrected chi connectivity index (χ0v) is 7.98. The fourth-order valence-electron chi connectivity index (χ4n) is 1.74.